The molecule has 3 rings (SSSR count). The molecule has 0 saturated heterocycles. The fourth-order valence-corrected chi connectivity index (χ4v) is 4.34. The van der Waals surface area contributed by atoms with Gasteiger partial charge in [-0.15, -0.1) is 0 Å². The van der Waals surface area contributed by atoms with E-state index >= 15 is 0 Å². The molecule has 2 atom stereocenters. The van der Waals surface area contributed by atoms with Gasteiger partial charge in [-0.1, -0.05) is 104 Å². The Morgan fingerprint density at radius 2 is 1.34 bits per heavy atom. The molecule has 0 aliphatic rings. The third-order valence-corrected chi connectivity index (χ3v) is 6.64. The van der Waals surface area contributed by atoms with Crippen molar-refractivity contribution in [3.8, 4) is 0 Å². The predicted octanol–water partition coefficient (Wildman–Crippen LogP) is 6.24. The monoisotopic (exact) mass is 470 g/mol. The molecule has 3 aromatic rings. The van der Waals surface area contributed by atoms with Crippen LogP contribution in [0.1, 0.15) is 68.2 Å². The summed E-state index contributed by atoms with van der Waals surface area (Å²) in [6.07, 6.45) is 1.70. The standard InChI is InChI=1S/C31H38N2O2/c1-5-24(4)32-31(35)29(6-2)33(22-25-19-17-23(3)18-20-25)30(34)21-28(26-13-9-7-10-14-26)27-15-11-8-12-16-27/h7-20,24,28-29H,5-6,21-22H2,1-4H3,(H,32,35)/t24-,29-/m1/s1. The van der Waals surface area contributed by atoms with Crippen molar-refractivity contribution in [1.82, 2.24) is 10.2 Å². The van der Waals surface area contributed by atoms with Gasteiger partial charge in [-0.25, -0.2) is 0 Å². The van der Waals surface area contributed by atoms with Crippen molar-refractivity contribution < 1.29 is 9.59 Å². The van der Waals surface area contributed by atoms with E-state index in [4.69, 9.17) is 0 Å². The molecule has 0 bridgehead atoms. The molecule has 4 heteroatoms. The fraction of sp³-hybridized carbons (Fsp3) is 0.355. The van der Waals surface area contributed by atoms with E-state index in [1.165, 1.54) is 5.56 Å². The lowest BCUT2D eigenvalue weighted by atomic mass is 9.88. The summed E-state index contributed by atoms with van der Waals surface area (Å²) in [5.74, 6) is -0.187. The highest BCUT2D eigenvalue weighted by atomic mass is 16.2. The number of nitrogens with one attached hydrogen (secondary N) is 1. The van der Waals surface area contributed by atoms with E-state index in [0.717, 1.165) is 23.1 Å². The average Bonchev–Trinajstić information content (AvgIpc) is 2.89. The van der Waals surface area contributed by atoms with Crippen LogP contribution in [0.5, 0.6) is 0 Å². The minimum Gasteiger partial charge on any atom is -0.352 e. The Morgan fingerprint density at radius 1 is 0.800 bits per heavy atom. The second-order valence-corrected chi connectivity index (χ2v) is 9.33. The van der Waals surface area contributed by atoms with Crippen LogP contribution in [0.2, 0.25) is 0 Å². The first-order chi connectivity index (χ1) is 16.9. The number of aryl methyl sites for hydroxylation is 1. The molecular formula is C31H38N2O2. The number of carbonyl (C=O) groups excluding carboxylic acids is 2. The Kier molecular flexibility index (Phi) is 9.66. The van der Waals surface area contributed by atoms with Gasteiger partial charge < -0.3 is 10.2 Å². The third-order valence-electron chi connectivity index (χ3n) is 6.64. The zero-order valence-electron chi connectivity index (χ0n) is 21.4. The highest BCUT2D eigenvalue weighted by Crippen LogP contribution is 2.29. The number of carbonyl (C=O) groups is 2. The largest absolute Gasteiger partial charge is 0.352 e. The second-order valence-electron chi connectivity index (χ2n) is 9.33. The maximum Gasteiger partial charge on any atom is 0.243 e. The van der Waals surface area contributed by atoms with Crippen molar-refractivity contribution in [2.24, 2.45) is 0 Å². The molecule has 4 nitrogen and oxygen atoms in total. The summed E-state index contributed by atoms with van der Waals surface area (Å²) in [4.78, 5) is 29.0. The van der Waals surface area contributed by atoms with Crippen LogP contribution < -0.4 is 5.32 Å². The SMILES string of the molecule is CC[C@@H](C)NC(=O)[C@@H](CC)N(Cc1ccc(C)cc1)C(=O)CC(c1ccccc1)c1ccccc1. The van der Waals surface area contributed by atoms with Gasteiger partial charge in [0.05, 0.1) is 0 Å². The van der Waals surface area contributed by atoms with E-state index in [1.807, 2.05) is 76.2 Å². The first-order valence-corrected chi connectivity index (χ1v) is 12.7. The highest BCUT2D eigenvalue weighted by molar-refractivity contribution is 5.88. The zero-order chi connectivity index (χ0) is 25.2. The average molecular weight is 471 g/mol. The number of nitrogens with zero attached hydrogens (tertiary/aromatic N) is 1. The number of hydrogen-bond acceptors (Lipinski definition) is 2. The topological polar surface area (TPSA) is 49.4 Å². The molecule has 0 spiro atoms. The van der Waals surface area contributed by atoms with Crippen LogP contribution in [-0.2, 0) is 16.1 Å². The molecule has 0 fully saturated rings. The molecule has 0 aliphatic carbocycles. The van der Waals surface area contributed by atoms with E-state index in [9.17, 15) is 9.59 Å². The van der Waals surface area contributed by atoms with Gasteiger partial charge in [0.25, 0.3) is 0 Å². The Balaban J connectivity index is 1.94. The maximum absolute atomic E-state index is 14.0. The molecule has 0 aromatic heterocycles. The van der Waals surface area contributed by atoms with Gasteiger partial charge in [-0.05, 0) is 43.4 Å². The molecule has 0 aliphatic heterocycles. The number of hydrogen-bond donors (Lipinski definition) is 1. The first kappa shape index (κ1) is 26.2. The van der Waals surface area contributed by atoms with Crippen molar-refractivity contribution in [3.05, 3.63) is 107 Å². The summed E-state index contributed by atoms with van der Waals surface area (Å²) in [5.41, 5.74) is 4.38. The molecule has 2 amide bonds. The summed E-state index contributed by atoms with van der Waals surface area (Å²) >= 11 is 0. The lowest BCUT2D eigenvalue weighted by Crippen LogP contribution is -2.51. The molecule has 3 aromatic carbocycles. The molecule has 1 N–H and O–H groups in total. The summed E-state index contributed by atoms with van der Waals surface area (Å²) in [6, 6.07) is 28.0. The Labute approximate surface area is 210 Å². The quantitative estimate of drug-likeness (QED) is 0.361. The molecule has 0 heterocycles. The zero-order valence-corrected chi connectivity index (χ0v) is 21.4. The number of amides is 2. The lowest BCUT2D eigenvalue weighted by Gasteiger charge is -2.33. The van der Waals surface area contributed by atoms with Crippen molar-refractivity contribution in [2.75, 3.05) is 0 Å². The summed E-state index contributed by atoms with van der Waals surface area (Å²) < 4.78 is 0. The van der Waals surface area contributed by atoms with Gasteiger partial charge in [0.2, 0.25) is 11.8 Å². The van der Waals surface area contributed by atoms with Gasteiger partial charge in [-0.2, -0.15) is 0 Å². The molecule has 184 valence electrons. The molecule has 0 radical (unpaired) electrons. The minimum atomic E-state index is -0.523. The summed E-state index contributed by atoms with van der Waals surface area (Å²) in [6.45, 7) is 8.47. The number of benzene rings is 3. The van der Waals surface area contributed by atoms with E-state index in [-0.39, 0.29) is 23.8 Å². The van der Waals surface area contributed by atoms with Crippen LogP contribution in [0, 0.1) is 6.92 Å². The lowest BCUT2D eigenvalue weighted by molar-refractivity contribution is -0.141. The van der Waals surface area contributed by atoms with E-state index in [0.29, 0.717) is 19.4 Å². The van der Waals surface area contributed by atoms with Crippen LogP contribution in [-0.4, -0.2) is 28.8 Å². The fourth-order valence-electron chi connectivity index (χ4n) is 4.34. The van der Waals surface area contributed by atoms with Gasteiger partial charge >= 0.3 is 0 Å². The first-order valence-electron chi connectivity index (χ1n) is 12.7. The van der Waals surface area contributed by atoms with Crippen LogP contribution in [0.25, 0.3) is 0 Å². The molecule has 0 unspecified atom stereocenters. The second kappa shape index (κ2) is 12.9. The van der Waals surface area contributed by atoms with Gasteiger partial charge in [0, 0.05) is 24.9 Å². The molecular weight excluding hydrogens is 432 g/mol. The Morgan fingerprint density at radius 3 is 1.83 bits per heavy atom. The van der Waals surface area contributed by atoms with Crippen LogP contribution >= 0.6 is 0 Å². The summed E-state index contributed by atoms with van der Waals surface area (Å²) in [5, 5.41) is 3.09. The number of rotatable bonds is 11. The van der Waals surface area contributed by atoms with Gasteiger partial charge in [0.15, 0.2) is 0 Å². The van der Waals surface area contributed by atoms with Gasteiger partial charge in [0.1, 0.15) is 6.04 Å². The van der Waals surface area contributed by atoms with E-state index < -0.39 is 6.04 Å². The Bertz CT molecular complexity index is 1020. The molecule has 0 saturated carbocycles. The predicted molar refractivity (Wildman–Crippen MR) is 143 cm³/mol. The van der Waals surface area contributed by atoms with Crippen LogP contribution in [0.4, 0.5) is 0 Å². The minimum absolute atomic E-state index is 0.0190. The van der Waals surface area contributed by atoms with Crippen molar-refractivity contribution in [1.29, 1.82) is 0 Å². The van der Waals surface area contributed by atoms with Crippen molar-refractivity contribution in [3.63, 3.8) is 0 Å². The van der Waals surface area contributed by atoms with Crippen LogP contribution in [0.15, 0.2) is 84.9 Å². The van der Waals surface area contributed by atoms with Crippen molar-refractivity contribution >= 4 is 11.8 Å². The van der Waals surface area contributed by atoms with E-state index in [1.54, 1.807) is 4.90 Å². The highest BCUT2D eigenvalue weighted by Gasteiger charge is 2.31. The normalized spacial score (nSPS) is 12.7. The van der Waals surface area contributed by atoms with E-state index in [2.05, 4.69) is 41.7 Å². The smallest absolute Gasteiger partial charge is 0.243 e. The third kappa shape index (κ3) is 7.29. The summed E-state index contributed by atoms with van der Waals surface area (Å²) in [7, 11) is 0. The maximum atomic E-state index is 14.0. The van der Waals surface area contributed by atoms with Crippen molar-refractivity contribution in [2.45, 2.75) is 71.5 Å². The van der Waals surface area contributed by atoms with Gasteiger partial charge in [-0.3, -0.25) is 9.59 Å². The van der Waals surface area contributed by atoms with Crippen LogP contribution in [0.3, 0.4) is 0 Å². The Hall–Kier alpha value is -3.40. The molecule has 35 heavy (non-hydrogen) atoms.